The summed E-state index contributed by atoms with van der Waals surface area (Å²) >= 11 is 0. The van der Waals surface area contributed by atoms with Crippen molar-refractivity contribution in [1.82, 2.24) is 9.88 Å². The van der Waals surface area contributed by atoms with Crippen molar-refractivity contribution in [3.05, 3.63) is 65.6 Å². The molecule has 2 heterocycles. The third-order valence-corrected chi connectivity index (χ3v) is 5.00. The normalized spacial score (nSPS) is 22.2. The van der Waals surface area contributed by atoms with Gasteiger partial charge in [0.2, 0.25) is 5.91 Å². The Labute approximate surface area is 142 Å². The number of nitrogens with zero attached hydrogens (tertiary/aromatic N) is 2. The van der Waals surface area contributed by atoms with Crippen LogP contribution in [-0.4, -0.2) is 22.8 Å². The molecule has 4 aliphatic rings. The van der Waals surface area contributed by atoms with Crippen LogP contribution in [0.15, 0.2) is 54.4 Å². The Balaban J connectivity index is 0.000000201. The molecule has 2 atom stereocenters. The lowest BCUT2D eigenvalue weighted by molar-refractivity contribution is -0.127. The van der Waals surface area contributed by atoms with Gasteiger partial charge in [-0.3, -0.25) is 9.78 Å². The maximum atomic E-state index is 12.4. The minimum atomic E-state index is -0.198. The molecule has 1 aromatic heterocycles. The minimum absolute atomic E-state index is 0.112. The first-order chi connectivity index (χ1) is 11.7. The minimum Gasteiger partial charge on any atom is -0.319 e. The molecule has 0 saturated carbocycles. The van der Waals surface area contributed by atoms with Crippen molar-refractivity contribution in [3.63, 3.8) is 0 Å². The average Bonchev–Trinajstić information content (AvgIpc) is 2.95. The second-order valence-electron chi connectivity index (χ2n) is 6.35. The number of pyridine rings is 1. The number of terminal acetylenes is 1. The standard InChI is InChI=1S/C15H14N2O.C6H4/c1-3-10-6-5-9-16-14(10)13-11-7-4-8-12(11)17(2)15(13)18;1-2-5-4-6(5)3-1/h1,5-6,8-9,11,13H,4,7H2,2H3;1-4H/t11-,13-;/m1./s1. The lowest BCUT2D eigenvalue weighted by Crippen LogP contribution is -2.22. The number of benzene rings is 1. The molecule has 1 saturated heterocycles. The summed E-state index contributed by atoms with van der Waals surface area (Å²) in [4.78, 5) is 18.5. The van der Waals surface area contributed by atoms with Crippen molar-refractivity contribution in [2.24, 2.45) is 5.92 Å². The van der Waals surface area contributed by atoms with E-state index in [-0.39, 0.29) is 17.7 Å². The van der Waals surface area contributed by atoms with Crippen molar-refractivity contribution in [2.75, 3.05) is 7.05 Å². The van der Waals surface area contributed by atoms with Gasteiger partial charge >= 0.3 is 0 Å². The summed E-state index contributed by atoms with van der Waals surface area (Å²) in [5, 5.41) is 0. The van der Waals surface area contributed by atoms with Crippen LogP contribution in [0.2, 0.25) is 0 Å². The van der Waals surface area contributed by atoms with Gasteiger partial charge in [-0.05, 0) is 42.2 Å². The van der Waals surface area contributed by atoms with Crippen molar-refractivity contribution < 1.29 is 4.79 Å². The molecule has 3 nitrogen and oxygen atoms in total. The Hall–Kier alpha value is -2.86. The third kappa shape index (κ3) is 2.32. The van der Waals surface area contributed by atoms with Crippen LogP contribution >= 0.6 is 0 Å². The summed E-state index contributed by atoms with van der Waals surface area (Å²) < 4.78 is 0. The first-order valence-electron chi connectivity index (χ1n) is 8.20. The number of hydrogen-bond donors (Lipinski definition) is 0. The highest BCUT2D eigenvalue weighted by Gasteiger charge is 2.46. The van der Waals surface area contributed by atoms with Crippen molar-refractivity contribution in [3.8, 4) is 23.5 Å². The zero-order valence-corrected chi connectivity index (χ0v) is 13.6. The molecule has 0 N–H and O–H groups in total. The monoisotopic (exact) mass is 314 g/mol. The number of carbonyl (C=O) groups excluding carboxylic acids is 1. The lowest BCUT2D eigenvalue weighted by atomic mass is 9.88. The van der Waals surface area contributed by atoms with Gasteiger partial charge in [-0.25, -0.2) is 0 Å². The molecule has 0 aromatic carbocycles. The molecule has 5 rings (SSSR count). The molecular weight excluding hydrogens is 296 g/mol. The summed E-state index contributed by atoms with van der Waals surface area (Å²) in [6, 6.07) is 12.1. The highest BCUT2D eigenvalue weighted by atomic mass is 16.2. The van der Waals surface area contributed by atoms with E-state index >= 15 is 0 Å². The van der Waals surface area contributed by atoms with E-state index in [4.69, 9.17) is 6.42 Å². The molecule has 3 aliphatic carbocycles. The number of allylic oxidation sites excluding steroid dienone is 2. The van der Waals surface area contributed by atoms with Gasteiger partial charge in [0.15, 0.2) is 0 Å². The van der Waals surface area contributed by atoms with Gasteiger partial charge < -0.3 is 4.90 Å². The van der Waals surface area contributed by atoms with E-state index in [0.717, 1.165) is 29.8 Å². The highest BCUT2D eigenvalue weighted by molar-refractivity contribution is 5.89. The van der Waals surface area contributed by atoms with Crippen LogP contribution in [0.4, 0.5) is 0 Å². The van der Waals surface area contributed by atoms with Crippen LogP contribution in [0, 0.1) is 18.3 Å². The predicted molar refractivity (Wildman–Crippen MR) is 93.9 cm³/mol. The number of hydrogen-bond acceptors (Lipinski definition) is 2. The van der Waals surface area contributed by atoms with E-state index in [2.05, 4.69) is 41.2 Å². The van der Waals surface area contributed by atoms with Crippen LogP contribution < -0.4 is 0 Å². The molecule has 0 radical (unpaired) electrons. The van der Waals surface area contributed by atoms with Gasteiger partial charge in [-0.2, -0.15) is 0 Å². The molecule has 0 spiro atoms. The second-order valence-corrected chi connectivity index (χ2v) is 6.35. The molecule has 1 aromatic rings. The fourth-order valence-electron chi connectivity index (χ4n) is 3.71. The van der Waals surface area contributed by atoms with Crippen molar-refractivity contribution >= 4 is 5.91 Å². The quantitative estimate of drug-likeness (QED) is 0.643. The van der Waals surface area contributed by atoms with Crippen molar-refractivity contribution in [1.29, 1.82) is 0 Å². The Morgan fingerprint density at radius 2 is 2.04 bits per heavy atom. The molecule has 24 heavy (non-hydrogen) atoms. The summed E-state index contributed by atoms with van der Waals surface area (Å²) in [6.45, 7) is 0. The van der Waals surface area contributed by atoms with Crippen LogP contribution in [0.25, 0.3) is 11.1 Å². The van der Waals surface area contributed by atoms with Crippen LogP contribution in [-0.2, 0) is 4.79 Å². The topological polar surface area (TPSA) is 33.2 Å². The zero-order valence-electron chi connectivity index (χ0n) is 13.6. The molecule has 1 aliphatic heterocycles. The second kappa shape index (κ2) is 5.65. The molecule has 1 fully saturated rings. The Bertz CT molecular complexity index is 873. The predicted octanol–water partition coefficient (Wildman–Crippen LogP) is 3.58. The maximum absolute atomic E-state index is 12.4. The van der Waals surface area contributed by atoms with Crippen LogP contribution in [0.5, 0.6) is 0 Å². The Morgan fingerprint density at radius 3 is 2.67 bits per heavy atom. The maximum Gasteiger partial charge on any atom is 0.236 e. The van der Waals surface area contributed by atoms with Crippen LogP contribution in [0.3, 0.4) is 0 Å². The van der Waals surface area contributed by atoms with E-state index in [1.165, 1.54) is 11.1 Å². The number of carbonyl (C=O) groups is 1. The van der Waals surface area contributed by atoms with Gasteiger partial charge in [0.05, 0.1) is 11.6 Å². The van der Waals surface area contributed by atoms with Gasteiger partial charge in [-0.15, -0.1) is 6.42 Å². The lowest BCUT2D eigenvalue weighted by Gasteiger charge is -2.14. The van der Waals surface area contributed by atoms with Gasteiger partial charge in [0.1, 0.15) is 0 Å². The molecule has 1 amide bonds. The first-order valence-corrected chi connectivity index (χ1v) is 8.20. The average molecular weight is 314 g/mol. The summed E-state index contributed by atoms with van der Waals surface area (Å²) in [6.07, 6.45) is 11.4. The van der Waals surface area contributed by atoms with Crippen molar-refractivity contribution in [2.45, 2.75) is 18.8 Å². The van der Waals surface area contributed by atoms with Gasteiger partial charge in [-0.1, -0.05) is 30.2 Å². The number of rotatable bonds is 1. The van der Waals surface area contributed by atoms with Gasteiger partial charge in [0.25, 0.3) is 0 Å². The SMILES string of the molecule is C#Cc1cccnc1[C@@H]1C(=O)N(C)C2=CCC[C@H]21.c1cc2cc-2c1. The Morgan fingerprint density at radius 1 is 1.25 bits per heavy atom. The van der Waals surface area contributed by atoms with E-state index in [1.54, 1.807) is 11.1 Å². The summed E-state index contributed by atoms with van der Waals surface area (Å²) in [5.41, 5.74) is 5.48. The molecule has 3 heteroatoms. The number of likely N-dealkylation sites (tertiary alicyclic amines) is 1. The Kier molecular flexibility index (Phi) is 3.46. The first kappa shape index (κ1) is 14.7. The highest BCUT2D eigenvalue weighted by Crippen LogP contribution is 2.46. The van der Waals surface area contributed by atoms with E-state index in [9.17, 15) is 4.79 Å². The number of amides is 1. The van der Waals surface area contributed by atoms with Crippen LogP contribution in [0.1, 0.15) is 30.0 Å². The zero-order chi connectivity index (χ0) is 16.7. The molecule has 118 valence electrons. The van der Waals surface area contributed by atoms with E-state index in [1.807, 2.05) is 19.2 Å². The van der Waals surface area contributed by atoms with E-state index < -0.39 is 0 Å². The number of aromatic nitrogens is 1. The summed E-state index contributed by atoms with van der Waals surface area (Å²) in [5.74, 6) is 2.80. The largest absolute Gasteiger partial charge is 0.319 e. The molecule has 0 unspecified atom stereocenters. The number of likely N-dealkylation sites (N-methyl/N-ethyl adjacent to an activating group) is 1. The molecule has 0 bridgehead atoms. The fourth-order valence-corrected chi connectivity index (χ4v) is 3.71. The van der Waals surface area contributed by atoms with E-state index in [0.29, 0.717) is 0 Å². The van der Waals surface area contributed by atoms with Gasteiger partial charge in [0, 0.05) is 30.4 Å². The smallest absolute Gasteiger partial charge is 0.236 e. The molecular formula is C21H18N2O. The third-order valence-electron chi connectivity index (χ3n) is 5.00. The summed E-state index contributed by atoms with van der Waals surface area (Å²) in [7, 11) is 1.84. The number of fused-ring (bicyclic) bond motifs is 2. The fraction of sp³-hybridized carbons (Fsp3) is 0.238.